The third-order valence-electron chi connectivity index (χ3n) is 9.58. The summed E-state index contributed by atoms with van der Waals surface area (Å²) in [6.45, 7) is 0. The van der Waals surface area contributed by atoms with Crippen LogP contribution in [0, 0.1) is 0 Å². The summed E-state index contributed by atoms with van der Waals surface area (Å²) in [5, 5.41) is 9.74. The van der Waals surface area contributed by atoms with Crippen LogP contribution in [0.4, 0.5) is 0 Å². The van der Waals surface area contributed by atoms with Gasteiger partial charge in [-0.1, -0.05) is 127 Å². The first-order valence-corrected chi connectivity index (χ1v) is 16.5. The van der Waals surface area contributed by atoms with Crippen molar-refractivity contribution in [2.45, 2.75) is 0 Å². The summed E-state index contributed by atoms with van der Waals surface area (Å²) in [5.74, 6) is 1.94. The zero-order valence-electron chi connectivity index (χ0n) is 26.5. The number of hydrogen-bond acceptors (Lipinski definition) is 3. The van der Waals surface area contributed by atoms with Crippen molar-refractivity contribution in [3.05, 3.63) is 170 Å². The van der Waals surface area contributed by atoms with Gasteiger partial charge >= 0.3 is 0 Å². The van der Waals surface area contributed by atoms with Crippen molar-refractivity contribution in [2.24, 2.45) is 0 Å². The van der Waals surface area contributed by atoms with Crippen molar-refractivity contribution in [1.29, 1.82) is 0 Å². The molecule has 0 aliphatic rings. The van der Waals surface area contributed by atoms with Gasteiger partial charge in [-0.15, -0.1) is 0 Å². The number of benzene rings is 8. The smallest absolute Gasteiger partial charge is 0.164 e. The van der Waals surface area contributed by atoms with E-state index in [0.717, 1.165) is 27.8 Å². The van der Waals surface area contributed by atoms with E-state index in [-0.39, 0.29) is 0 Å². The van der Waals surface area contributed by atoms with Gasteiger partial charge in [0.05, 0.1) is 11.0 Å². The maximum Gasteiger partial charge on any atom is 0.164 e. The van der Waals surface area contributed by atoms with Crippen LogP contribution < -0.4 is 0 Å². The van der Waals surface area contributed by atoms with Gasteiger partial charge in [0.15, 0.2) is 17.5 Å². The number of aromatic nitrogens is 4. The van der Waals surface area contributed by atoms with E-state index < -0.39 is 0 Å². The lowest BCUT2D eigenvalue weighted by Gasteiger charge is -2.12. The first kappa shape index (κ1) is 27.5. The van der Waals surface area contributed by atoms with E-state index in [1.807, 2.05) is 30.3 Å². The van der Waals surface area contributed by atoms with Gasteiger partial charge in [0.25, 0.3) is 0 Å². The summed E-state index contributed by atoms with van der Waals surface area (Å²) in [6, 6.07) is 59.9. The maximum absolute atomic E-state index is 5.04. The third-order valence-corrected chi connectivity index (χ3v) is 9.58. The largest absolute Gasteiger partial charge is 0.309 e. The molecule has 2 heterocycles. The minimum Gasteiger partial charge on any atom is -0.309 e. The molecular weight excluding hydrogens is 597 g/mol. The fourth-order valence-electron chi connectivity index (χ4n) is 7.17. The number of nitrogens with zero attached hydrogens (tertiary/aromatic N) is 4. The first-order chi connectivity index (χ1) is 24.3. The molecule has 0 bridgehead atoms. The Morgan fingerprint density at radius 2 is 0.857 bits per heavy atom. The van der Waals surface area contributed by atoms with Gasteiger partial charge in [-0.2, -0.15) is 0 Å². The molecule has 0 N–H and O–H groups in total. The van der Waals surface area contributed by atoms with Crippen LogP contribution in [-0.2, 0) is 0 Å². The summed E-state index contributed by atoms with van der Waals surface area (Å²) < 4.78 is 2.41. The molecule has 10 rings (SSSR count). The Hall–Kier alpha value is -6.65. The van der Waals surface area contributed by atoms with Gasteiger partial charge in [-0.25, -0.2) is 15.0 Å². The molecule has 4 nitrogen and oxygen atoms in total. The predicted octanol–water partition coefficient (Wildman–Crippen LogP) is 11.4. The van der Waals surface area contributed by atoms with Crippen molar-refractivity contribution in [2.75, 3.05) is 0 Å². The highest BCUT2D eigenvalue weighted by atomic mass is 15.0. The van der Waals surface area contributed by atoms with E-state index in [1.165, 1.54) is 48.7 Å². The molecule has 0 aliphatic heterocycles. The van der Waals surface area contributed by atoms with Crippen molar-refractivity contribution in [3.8, 4) is 39.9 Å². The minimum atomic E-state index is 0.641. The van der Waals surface area contributed by atoms with Gasteiger partial charge in [-0.05, 0) is 69.4 Å². The lowest BCUT2D eigenvalue weighted by atomic mass is 10.0. The molecule has 0 amide bonds. The summed E-state index contributed by atoms with van der Waals surface area (Å²) in [7, 11) is 0. The second-order valence-corrected chi connectivity index (χ2v) is 12.5. The fourth-order valence-corrected chi connectivity index (χ4v) is 7.17. The molecule has 0 aliphatic carbocycles. The third kappa shape index (κ3) is 4.57. The van der Waals surface area contributed by atoms with E-state index in [2.05, 4.69) is 144 Å². The van der Waals surface area contributed by atoms with Crippen molar-refractivity contribution in [1.82, 2.24) is 19.5 Å². The summed E-state index contributed by atoms with van der Waals surface area (Å²) >= 11 is 0. The second-order valence-electron chi connectivity index (χ2n) is 12.5. The first-order valence-electron chi connectivity index (χ1n) is 16.5. The standard InChI is InChI=1S/C45H28N4/c1-2-12-31(13-3-1)43-46-44(48-45(47-43)36-19-18-29-10-4-5-14-33(29)26-36)32-20-23-37(24-21-32)49-41-28-35-16-7-6-15-34(35)27-40(41)39-25-22-30-11-8-9-17-38(30)42(39)49/h1-28H. The molecule has 8 aromatic carbocycles. The zero-order chi connectivity index (χ0) is 32.3. The summed E-state index contributed by atoms with van der Waals surface area (Å²) in [6.07, 6.45) is 0. The Morgan fingerprint density at radius 3 is 1.59 bits per heavy atom. The van der Waals surface area contributed by atoms with Crippen LogP contribution in [0.3, 0.4) is 0 Å². The van der Waals surface area contributed by atoms with Crippen LogP contribution in [0.1, 0.15) is 0 Å². The molecule has 0 unspecified atom stereocenters. The zero-order valence-corrected chi connectivity index (χ0v) is 26.5. The summed E-state index contributed by atoms with van der Waals surface area (Å²) in [5.41, 5.74) is 6.32. The van der Waals surface area contributed by atoms with Gasteiger partial charge in [-0.3, -0.25) is 0 Å². The lowest BCUT2D eigenvalue weighted by molar-refractivity contribution is 1.07. The number of hydrogen-bond donors (Lipinski definition) is 0. The van der Waals surface area contributed by atoms with Crippen LogP contribution in [0.25, 0.3) is 94.0 Å². The highest BCUT2D eigenvalue weighted by Gasteiger charge is 2.17. The molecule has 228 valence electrons. The highest BCUT2D eigenvalue weighted by molar-refractivity contribution is 6.20. The van der Waals surface area contributed by atoms with Crippen LogP contribution in [0.5, 0.6) is 0 Å². The van der Waals surface area contributed by atoms with Gasteiger partial charge in [0, 0.05) is 38.5 Å². The van der Waals surface area contributed by atoms with Crippen LogP contribution in [0.2, 0.25) is 0 Å². The number of rotatable bonds is 4. The minimum absolute atomic E-state index is 0.641. The van der Waals surface area contributed by atoms with Gasteiger partial charge < -0.3 is 4.57 Å². The molecular formula is C45H28N4. The van der Waals surface area contributed by atoms with E-state index in [4.69, 9.17) is 15.0 Å². The molecule has 10 aromatic rings. The van der Waals surface area contributed by atoms with Crippen LogP contribution in [-0.4, -0.2) is 19.5 Å². The average Bonchev–Trinajstić information content (AvgIpc) is 3.50. The Balaban J connectivity index is 1.16. The molecule has 0 radical (unpaired) electrons. The Morgan fingerprint density at radius 1 is 0.327 bits per heavy atom. The molecule has 0 saturated heterocycles. The molecule has 0 spiro atoms. The molecule has 0 saturated carbocycles. The molecule has 49 heavy (non-hydrogen) atoms. The van der Waals surface area contributed by atoms with Gasteiger partial charge in [0.1, 0.15) is 0 Å². The predicted molar refractivity (Wildman–Crippen MR) is 203 cm³/mol. The van der Waals surface area contributed by atoms with Crippen molar-refractivity contribution in [3.63, 3.8) is 0 Å². The monoisotopic (exact) mass is 624 g/mol. The van der Waals surface area contributed by atoms with E-state index >= 15 is 0 Å². The van der Waals surface area contributed by atoms with Crippen LogP contribution in [0.15, 0.2) is 170 Å². The number of fused-ring (bicyclic) bond motifs is 7. The van der Waals surface area contributed by atoms with Gasteiger partial charge in [0.2, 0.25) is 0 Å². The Kier molecular flexibility index (Phi) is 6.15. The normalized spacial score (nSPS) is 11.7. The molecule has 0 fully saturated rings. The highest BCUT2D eigenvalue weighted by Crippen LogP contribution is 2.39. The second kappa shape index (κ2) is 11.0. The average molecular weight is 625 g/mol. The van der Waals surface area contributed by atoms with E-state index in [0.29, 0.717) is 17.5 Å². The maximum atomic E-state index is 5.04. The fraction of sp³-hybridized carbons (Fsp3) is 0. The van der Waals surface area contributed by atoms with E-state index in [9.17, 15) is 0 Å². The molecule has 0 atom stereocenters. The van der Waals surface area contributed by atoms with E-state index in [1.54, 1.807) is 0 Å². The quantitative estimate of drug-likeness (QED) is 0.196. The topological polar surface area (TPSA) is 43.6 Å². The van der Waals surface area contributed by atoms with Crippen LogP contribution >= 0.6 is 0 Å². The van der Waals surface area contributed by atoms with Crippen molar-refractivity contribution < 1.29 is 0 Å². The molecule has 4 heteroatoms. The summed E-state index contributed by atoms with van der Waals surface area (Å²) in [4.78, 5) is 15.0. The Labute approximate surface area is 282 Å². The molecule has 2 aromatic heterocycles. The lowest BCUT2D eigenvalue weighted by Crippen LogP contribution is -2.00. The SMILES string of the molecule is c1ccc(-c2nc(-c3ccc(-n4c5cc6ccccc6cc5c5ccc6ccccc6c54)cc3)nc(-c3ccc4ccccc4c3)n2)cc1. The Bertz CT molecular complexity index is 2870. The van der Waals surface area contributed by atoms with Crippen molar-refractivity contribution >= 4 is 54.1 Å².